The Morgan fingerprint density at radius 3 is 2.26 bits per heavy atom. The highest BCUT2D eigenvalue weighted by molar-refractivity contribution is 6.43. The van der Waals surface area contributed by atoms with Gasteiger partial charge in [-0.15, -0.1) is 0 Å². The standard InChI is InChI=1S/C16H13Cl4NO2/c1-8-3-9(2)16(13(20)4-8)21-15(22)7-23-14-6-11(18)10(17)5-12(14)19/h3-6H,7H2,1-2H3,(H,21,22). The molecule has 0 unspecified atom stereocenters. The molecular weight excluding hydrogens is 380 g/mol. The predicted molar refractivity (Wildman–Crippen MR) is 96.5 cm³/mol. The summed E-state index contributed by atoms with van der Waals surface area (Å²) in [5, 5.41) is 4.08. The molecule has 23 heavy (non-hydrogen) atoms. The van der Waals surface area contributed by atoms with Gasteiger partial charge >= 0.3 is 0 Å². The lowest BCUT2D eigenvalue weighted by molar-refractivity contribution is -0.118. The number of nitrogens with one attached hydrogen (secondary N) is 1. The molecule has 0 radical (unpaired) electrons. The fraction of sp³-hybridized carbons (Fsp3) is 0.188. The van der Waals surface area contributed by atoms with Crippen LogP contribution in [0.5, 0.6) is 5.75 Å². The number of anilines is 1. The second-order valence-corrected chi connectivity index (χ2v) is 6.60. The van der Waals surface area contributed by atoms with Crippen molar-refractivity contribution in [3.63, 3.8) is 0 Å². The highest BCUT2D eigenvalue weighted by atomic mass is 35.5. The van der Waals surface area contributed by atoms with Crippen molar-refractivity contribution >= 4 is 58.0 Å². The van der Waals surface area contributed by atoms with E-state index in [4.69, 9.17) is 51.1 Å². The van der Waals surface area contributed by atoms with E-state index in [1.807, 2.05) is 19.9 Å². The van der Waals surface area contributed by atoms with Gasteiger partial charge in [0, 0.05) is 6.07 Å². The minimum absolute atomic E-state index is 0.235. The Balaban J connectivity index is 2.05. The first-order chi connectivity index (χ1) is 10.8. The Morgan fingerprint density at radius 1 is 0.957 bits per heavy atom. The zero-order valence-electron chi connectivity index (χ0n) is 12.3. The third-order valence-corrected chi connectivity index (χ3v) is 4.35. The van der Waals surface area contributed by atoms with Crippen LogP contribution in [0.25, 0.3) is 0 Å². The maximum absolute atomic E-state index is 12.0. The van der Waals surface area contributed by atoms with Crippen LogP contribution in [0.4, 0.5) is 5.69 Å². The van der Waals surface area contributed by atoms with Gasteiger partial charge in [0.2, 0.25) is 0 Å². The summed E-state index contributed by atoms with van der Waals surface area (Å²) in [7, 11) is 0. The Labute approximate surface area is 154 Å². The molecule has 0 aromatic heterocycles. The van der Waals surface area contributed by atoms with Gasteiger partial charge in [0.05, 0.1) is 25.8 Å². The van der Waals surface area contributed by atoms with Crippen molar-refractivity contribution in [2.75, 3.05) is 11.9 Å². The van der Waals surface area contributed by atoms with Gasteiger partial charge in [-0.05, 0) is 37.1 Å². The van der Waals surface area contributed by atoms with Crippen molar-refractivity contribution in [2.45, 2.75) is 13.8 Å². The third kappa shape index (κ3) is 4.67. The lowest BCUT2D eigenvalue weighted by Crippen LogP contribution is -2.21. The molecule has 0 atom stereocenters. The zero-order chi connectivity index (χ0) is 17.1. The van der Waals surface area contributed by atoms with Crippen molar-refractivity contribution in [3.8, 4) is 5.75 Å². The maximum Gasteiger partial charge on any atom is 0.262 e. The van der Waals surface area contributed by atoms with Crippen LogP contribution >= 0.6 is 46.4 Å². The van der Waals surface area contributed by atoms with Crippen LogP contribution in [-0.4, -0.2) is 12.5 Å². The van der Waals surface area contributed by atoms with Crippen molar-refractivity contribution < 1.29 is 9.53 Å². The van der Waals surface area contributed by atoms with E-state index in [0.29, 0.717) is 20.8 Å². The monoisotopic (exact) mass is 391 g/mol. The van der Waals surface area contributed by atoms with Crippen LogP contribution in [0.1, 0.15) is 11.1 Å². The molecular formula is C16H13Cl4NO2. The first-order valence-electron chi connectivity index (χ1n) is 6.62. The van der Waals surface area contributed by atoms with Crippen LogP contribution in [0, 0.1) is 13.8 Å². The summed E-state index contributed by atoms with van der Waals surface area (Å²) in [6.07, 6.45) is 0. The van der Waals surface area contributed by atoms with E-state index in [1.54, 1.807) is 6.07 Å². The molecule has 0 heterocycles. The Kier molecular flexibility index (Phi) is 6.04. The van der Waals surface area contributed by atoms with E-state index in [9.17, 15) is 4.79 Å². The summed E-state index contributed by atoms with van der Waals surface area (Å²) in [4.78, 5) is 12.0. The van der Waals surface area contributed by atoms with Crippen molar-refractivity contribution in [1.82, 2.24) is 0 Å². The molecule has 2 rings (SSSR count). The van der Waals surface area contributed by atoms with E-state index in [0.717, 1.165) is 11.1 Å². The van der Waals surface area contributed by atoms with Crippen LogP contribution in [0.3, 0.4) is 0 Å². The molecule has 0 spiro atoms. The summed E-state index contributed by atoms with van der Waals surface area (Å²) in [6.45, 7) is 3.56. The Morgan fingerprint density at radius 2 is 1.61 bits per heavy atom. The highest BCUT2D eigenvalue weighted by Crippen LogP contribution is 2.34. The van der Waals surface area contributed by atoms with E-state index in [1.165, 1.54) is 12.1 Å². The van der Waals surface area contributed by atoms with Gasteiger partial charge in [0.1, 0.15) is 5.75 Å². The molecule has 0 fully saturated rings. The first-order valence-corrected chi connectivity index (χ1v) is 8.13. The summed E-state index contributed by atoms with van der Waals surface area (Å²) in [5.41, 5.74) is 2.45. The highest BCUT2D eigenvalue weighted by Gasteiger charge is 2.12. The van der Waals surface area contributed by atoms with Crippen LogP contribution in [0.15, 0.2) is 24.3 Å². The average Bonchev–Trinajstić information content (AvgIpc) is 2.45. The lowest BCUT2D eigenvalue weighted by Gasteiger charge is -2.13. The molecule has 7 heteroatoms. The van der Waals surface area contributed by atoms with Gasteiger partial charge in [-0.3, -0.25) is 4.79 Å². The SMILES string of the molecule is Cc1cc(C)c(NC(=O)COc2cc(Cl)c(Cl)cc2Cl)c(Cl)c1. The first kappa shape index (κ1) is 18.2. The molecule has 1 N–H and O–H groups in total. The van der Waals surface area contributed by atoms with Gasteiger partial charge in [-0.1, -0.05) is 52.5 Å². The van der Waals surface area contributed by atoms with E-state index < -0.39 is 0 Å². The molecule has 0 aliphatic carbocycles. The largest absolute Gasteiger partial charge is 0.482 e. The Bertz CT molecular complexity index is 739. The van der Waals surface area contributed by atoms with E-state index in [-0.39, 0.29) is 23.3 Å². The number of hydrogen-bond donors (Lipinski definition) is 1. The molecule has 0 saturated carbocycles. The second kappa shape index (κ2) is 7.63. The number of carbonyl (C=O) groups excluding carboxylic acids is 1. The summed E-state index contributed by atoms with van der Waals surface area (Å²) < 4.78 is 5.38. The average molecular weight is 393 g/mol. The number of hydrogen-bond acceptors (Lipinski definition) is 2. The second-order valence-electron chi connectivity index (χ2n) is 4.97. The fourth-order valence-electron chi connectivity index (χ4n) is 2.01. The summed E-state index contributed by atoms with van der Waals surface area (Å²) in [5.74, 6) is -0.0797. The quantitative estimate of drug-likeness (QED) is 0.654. The van der Waals surface area contributed by atoms with E-state index in [2.05, 4.69) is 5.32 Å². The van der Waals surface area contributed by atoms with Crippen LogP contribution < -0.4 is 10.1 Å². The van der Waals surface area contributed by atoms with Crippen molar-refractivity contribution in [1.29, 1.82) is 0 Å². The topological polar surface area (TPSA) is 38.3 Å². The molecule has 2 aromatic carbocycles. The molecule has 0 aliphatic heterocycles. The van der Waals surface area contributed by atoms with Gasteiger partial charge in [-0.25, -0.2) is 0 Å². The summed E-state index contributed by atoms with van der Waals surface area (Å²) >= 11 is 23.9. The van der Waals surface area contributed by atoms with Gasteiger partial charge < -0.3 is 10.1 Å². The maximum atomic E-state index is 12.0. The minimum Gasteiger partial charge on any atom is -0.482 e. The molecule has 0 saturated heterocycles. The molecule has 0 aliphatic rings. The van der Waals surface area contributed by atoms with Crippen molar-refractivity contribution in [2.24, 2.45) is 0 Å². The fourth-order valence-corrected chi connectivity index (χ4v) is 2.97. The number of ether oxygens (including phenoxy) is 1. The van der Waals surface area contributed by atoms with Gasteiger partial charge in [-0.2, -0.15) is 0 Å². The Hall–Kier alpha value is -1.13. The van der Waals surface area contributed by atoms with Crippen LogP contribution in [0.2, 0.25) is 20.1 Å². The normalized spacial score (nSPS) is 10.5. The minimum atomic E-state index is -0.360. The molecule has 2 aromatic rings. The van der Waals surface area contributed by atoms with E-state index >= 15 is 0 Å². The molecule has 1 amide bonds. The predicted octanol–water partition coefficient (Wildman–Crippen LogP) is 5.93. The number of benzene rings is 2. The number of halogens is 4. The molecule has 3 nitrogen and oxygen atoms in total. The van der Waals surface area contributed by atoms with Gasteiger partial charge in [0.25, 0.3) is 5.91 Å². The molecule has 122 valence electrons. The van der Waals surface area contributed by atoms with Crippen molar-refractivity contribution in [3.05, 3.63) is 55.5 Å². The zero-order valence-corrected chi connectivity index (χ0v) is 15.4. The van der Waals surface area contributed by atoms with Crippen LogP contribution in [-0.2, 0) is 4.79 Å². The number of carbonyl (C=O) groups is 1. The summed E-state index contributed by atoms with van der Waals surface area (Å²) in [6, 6.07) is 6.63. The number of rotatable bonds is 4. The molecule has 0 bridgehead atoms. The van der Waals surface area contributed by atoms with Gasteiger partial charge in [0.15, 0.2) is 6.61 Å². The number of aryl methyl sites for hydroxylation is 2. The third-order valence-electron chi connectivity index (χ3n) is 3.03. The number of amides is 1. The lowest BCUT2D eigenvalue weighted by atomic mass is 10.1. The smallest absolute Gasteiger partial charge is 0.262 e.